The summed E-state index contributed by atoms with van der Waals surface area (Å²) in [7, 11) is 0. The number of nitriles is 1. The molecule has 0 aliphatic carbocycles. The van der Waals surface area contributed by atoms with Crippen molar-refractivity contribution in [1.82, 2.24) is 9.55 Å². The highest BCUT2D eigenvalue weighted by molar-refractivity contribution is 5.80. The molecule has 4 rings (SSSR count). The van der Waals surface area contributed by atoms with Gasteiger partial charge in [0, 0.05) is 0 Å². The normalized spacial score (nSPS) is 11.0. The molecule has 0 aliphatic heterocycles. The number of para-hydroxylation sites is 1. The van der Waals surface area contributed by atoms with Crippen molar-refractivity contribution in [3.63, 3.8) is 0 Å². The first-order valence-electron chi connectivity index (χ1n) is 8.93. The minimum absolute atomic E-state index is 0.111. The van der Waals surface area contributed by atoms with E-state index in [0.717, 1.165) is 16.8 Å². The highest BCUT2D eigenvalue weighted by Crippen LogP contribution is 2.16. The average molecular weight is 363 g/mol. The van der Waals surface area contributed by atoms with E-state index in [1.807, 2.05) is 73.7 Å². The van der Waals surface area contributed by atoms with Gasteiger partial charge in [-0.3, -0.25) is 9.36 Å². The van der Waals surface area contributed by atoms with Gasteiger partial charge in [-0.2, -0.15) is 5.26 Å². The van der Waals surface area contributed by atoms with Gasteiger partial charge >= 0.3 is 0 Å². The molecule has 0 saturated carbocycles. The van der Waals surface area contributed by atoms with Crippen molar-refractivity contribution >= 4 is 23.1 Å². The fourth-order valence-corrected chi connectivity index (χ4v) is 3.09. The zero-order chi connectivity index (χ0) is 19.5. The largest absolute Gasteiger partial charge is 0.268 e. The van der Waals surface area contributed by atoms with Crippen LogP contribution in [0.15, 0.2) is 77.6 Å². The maximum Gasteiger partial charge on any atom is 0.266 e. The second kappa shape index (κ2) is 7.34. The molecule has 4 heteroatoms. The van der Waals surface area contributed by atoms with Gasteiger partial charge in [0.2, 0.25) is 0 Å². The molecule has 0 atom stereocenters. The Hall–Kier alpha value is -3.97. The molecule has 4 nitrogen and oxygen atoms in total. The number of fused-ring (bicyclic) bond motifs is 1. The van der Waals surface area contributed by atoms with E-state index < -0.39 is 0 Å². The summed E-state index contributed by atoms with van der Waals surface area (Å²) in [5.41, 5.74) is 3.89. The summed E-state index contributed by atoms with van der Waals surface area (Å²) in [5, 5.41) is 9.66. The van der Waals surface area contributed by atoms with Crippen LogP contribution >= 0.6 is 0 Å². The Morgan fingerprint density at radius 1 is 0.964 bits per heavy atom. The molecule has 0 spiro atoms. The van der Waals surface area contributed by atoms with Crippen LogP contribution in [0.3, 0.4) is 0 Å². The Morgan fingerprint density at radius 2 is 1.75 bits per heavy atom. The van der Waals surface area contributed by atoms with Gasteiger partial charge in [-0.1, -0.05) is 48.0 Å². The van der Waals surface area contributed by atoms with Crippen molar-refractivity contribution in [2.75, 3.05) is 0 Å². The van der Waals surface area contributed by atoms with Crippen LogP contribution in [-0.4, -0.2) is 9.55 Å². The van der Waals surface area contributed by atoms with Crippen LogP contribution in [0, 0.1) is 18.3 Å². The highest BCUT2D eigenvalue weighted by atomic mass is 16.1. The maximum atomic E-state index is 13.2. The fourth-order valence-electron chi connectivity index (χ4n) is 3.09. The molecule has 0 saturated heterocycles. The standard InChI is InChI=1S/C24H17N3O/c1-17-9-12-20(13-10-17)27-23(14-11-18-5-4-6-19(15-18)16-25)26-22-8-3-2-7-21(22)24(27)28/h2-15H,1H3/b14-11+. The van der Waals surface area contributed by atoms with E-state index in [4.69, 9.17) is 10.2 Å². The summed E-state index contributed by atoms with van der Waals surface area (Å²) in [6.45, 7) is 2.01. The van der Waals surface area contributed by atoms with E-state index in [0.29, 0.717) is 22.3 Å². The molecule has 1 heterocycles. The third kappa shape index (κ3) is 3.34. The van der Waals surface area contributed by atoms with E-state index in [9.17, 15) is 4.79 Å². The number of aromatic nitrogens is 2. The van der Waals surface area contributed by atoms with Crippen molar-refractivity contribution in [3.05, 3.63) is 106 Å². The van der Waals surface area contributed by atoms with Crippen molar-refractivity contribution < 1.29 is 0 Å². The summed E-state index contributed by atoms with van der Waals surface area (Å²) in [6, 6.07) is 24.6. The molecule has 0 N–H and O–H groups in total. The summed E-state index contributed by atoms with van der Waals surface area (Å²) < 4.78 is 1.62. The third-order valence-electron chi connectivity index (χ3n) is 4.53. The van der Waals surface area contributed by atoms with Gasteiger partial charge in [-0.25, -0.2) is 4.98 Å². The molecule has 134 valence electrons. The van der Waals surface area contributed by atoms with Crippen LogP contribution in [-0.2, 0) is 0 Å². The zero-order valence-corrected chi connectivity index (χ0v) is 15.3. The van der Waals surface area contributed by atoms with Crippen LogP contribution in [0.2, 0.25) is 0 Å². The van der Waals surface area contributed by atoms with Crippen LogP contribution < -0.4 is 5.56 Å². The van der Waals surface area contributed by atoms with Crippen LogP contribution in [0.5, 0.6) is 0 Å². The lowest BCUT2D eigenvalue weighted by Gasteiger charge is -2.11. The molecular weight excluding hydrogens is 346 g/mol. The number of aryl methyl sites for hydroxylation is 1. The molecule has 0 fully saturated rings. The Balaban J connectivity index is 1.92. The average Bonchev–Trinajstić information content (AvgIpc) is 2.73. The van der Waals surface area contributed by atoms with Gasteiger partial charge in [0.05, 0.1) is 28.2 Å². The molecule has 0 unspecified atom stereocenters. The SMILES string of the molecule is Cc1ccc(-n2c(/C=C/c3cccc(C#N)c3)nc3ccccc3c2=O)cc1. The Bertz CT molecular complexity index is 1290. The number of benzene rings is 3. The first-order valence-corrected chi connectivity index (χ1v) is 8.93. The minimum Gasteiger partial charge on any atom is -0.268 e. The molecule has 0 bridgehead atoms. The van der Waals surface area contributed by atoms with Gasteiger partial charge in [-0.15, -0.1) is 0 Å². The van der Waals surface area contributed by atoms with Crippen LogP contribution in [0.4, 0.5) is 0 Å². The smallest absolute Gasteiger partial charge is 0.266 e. The van der Waals surface area contributed by atoms with Gasteiger partial charge in [0.25, 0.3) is 5.56 Å². The topological polar surface area (TPSA) is 58.7 Å². The first kappa shape index (κ1) is 17.4. The summed E-state index contributed by atoms with van der Waals surface area (Å²) >= 11 is 0. The monoisotopic (exact) mass is 363 g/mol. The second-order valence-electron chi connectivity index (χ2n) is 6.53. The molecule has 0 amide bonds. The molecular formula is C24H17N3O. The lowest BCUT2D eigenvalue weighted by atomic mass is 10.1. The van der Waals surface area contributed by atoms with Crippen LogP contribution in [0.25, 0.3) is 28.7 Å². The van der Waals surface area contributed by atoms with Crippen LogP contribution in [0.1, 0.15) is 22.5 Å². The van der Waals surface area contributed by atoms with Gasteiger partial charge < -0.3 is 0 Å². The van der Waals surface area contributed by atoms with Gasteiger partial charge in [0.15, 0.2) is 0 Å². The molecule has 0 radical (unpaired) electrons. The lowest BCUT2D eigenvalue weighted by molar-refractivity contribution is 0.943. The fraction of sp³-hybridized carbons (Fsp3) is 0.0417. The van der Waals surface area contributed by atoms with E-state index in [-0.39, 0.29) is 5.56 Å². The molecule has 28 heavy (non-hydrogen) atoms. The summed E-state index contributed by atoms with van der Waals surface area (Å²) in [4.78, 5) is 17.9. The lowest BCUT2D eigenvalue weighted by Crippen LogP contribution is -2.22. The predicted octanol–water partition coefficient (Wildman–Crippen LogP) is 4.74. The Labute approximate surface area is 162 Å². The molecule has 0 aliphatic rings. The predicted molar refractivity (Wildman–Crippen MR) is 112 cm³/mol. The van der Waals surface area contributed by atoms with Crippen molar-refractivity contribution in [2.24, 2.45) is 0 Å². The van der Waals surface area contributed by atoms with E-state index in [1.165, 1.54) is 0 Å². The van der Waals surface area contributed by atoms with E-state index >= 15 is 0 Å². The molecule has 1 aromatic heterocycles. The Kier molecular flexibility index (Phi) is 4.57. The zero-order valence-electron chi connectivity index (χ0n) is 15.3. The Morgan fingerprint density at radius 3 is 2.54 bits per heavy atom. The second-order valence-corrected chi connectivity index (χ2v) is 6.53. The summed E-state index contributed by atoms with van der Waals surface area (Å²) in [6.07, 6.45) is 3.67. The van der Waals surface area contributed by atoms with Gasteiger partial charge in [0.1, 0.15) is 5.82 Å². The van der Waals surface area contributed by atoms with Gasteiger partial charge in [-0.05, 0) is 55.0 Å². The van der Waals surface area contributed by atoms with E-state index in [2.05, 4.69) is 6.07 Å². The highest BCUT2D eigenvalue weighted by Gasteiger charge is 2.10. The number of hydrogen-bond donors (Lipinski definition) is 0. The van der Waals surface area contributed by atoms with Crippen molar-refractivity contribution in [1.29, 1.82) is 5.26 Å². The number of nitrogens with zero attached hydrogens (tertiary/aromatic N) is 3. The molecule has 3 aromatic carbocycles. The van der Waals surface area contributed by atoms with Crippen molar-refractivity contribution in [3.8, 4) is 11.8 Å². The quantitative estimate of drug-likeness (QED) is 0.528. The van der Waals surface area contributed by atoms with Crippen molar-refractivity contribution in [2.45, 2.75) is 6.92 Å². The minimum atomic E-state index is -0.111. The third-order valence-corrected chi connectivity index (χ3v) is 4.53. The number of hydrogen-bond acceptors (Lipinski definition) is 3. The first-order chi connectivity index (χ1) is 13.7. The summed E-state index contributed by atoms with van der Waals surface area (Å²) in [5.74, 6) is 0.537. The van der Waals surface area contributed by atoms with E-state index in [1.54, 1.807) is 22.8 Å². The number of rotatable bonds is 3. The molecule has 4 aromatic rings. The maximum absolute atomic E-state index is 13.2.